The molecule has 0 aliphatic carbocycles. The van der Waals surface area contributed by atoms with E-state index in [0.29, 0.717) is 0 Å². The summed E-state index contributed by atoms with van der Waals surface area (Å²) in [6, 6.07) is 50.6. The summed E-state index contributed by atoms with van der Waals surface area (Å²) in [6.45, 7) is 0. The molecular formula is C38H29B3N2. The van der Waals surface area contributed by atoms with Crippen molar-refractivity contribution in [1.29, 1.82) is 0 Å². The van der Waals surface area contributed by atoms with Crippen LogP contribution in [0.5, 0.6) is 0 Å². The molecule has 0 N–H and O–H groups in total. The SMILES string of the molecule is BC(B)(B)c1nc2ccccc2n1-c1ccc(-c2c3ccccc3c(-c3cccc4ccccc34)c3ccccc23)cc1. The molecule has 200 valence electrons. The lowest BCUT2D eigenvalue weighted by Gasteiger charge is -2.21. The number of imidazole rings is 1. The third-order valence-electron chi connectivity index (χ3n) is 8.64. The Morgan fingerprint density at radius 3 is 1.67 bits per heavy atom. The summed E-state index contributed by atoms with van der Waals surface area (Å²) in [5.41, 5.74) is 8.34. The van der Waals surface area contributed by atoms with E-state index in [1.807, 2.05) is 0 Å². The standard InChI is InChI=1S/C38H29B3N2/c39-38(40,41)37-42-33-18-7-8-19-34(33)43(37)26-22-20-25(21-23-26)35-29-13-3-5-15-31(29)36(32-16-6-4-14-30(32)35)28-17-9-11-24-10-1-2-12-27(24)28/h1-23H,39-41H2. The van der Waals surface area contributed by atoms with Crippen LogP contribution in [0.15, 0.2) is 140 Å². The lowest BCUT2D eigenvalue weighted by Crippen LogP contribution is -2.31. The van der Waals surface area contributed by atoms with Gasteiger partial charge in [0.25, 0.3) is 0 Å². The lowest BCUT2D eigenvalue weighted by atomic mass is 9.42. The Bertz CT molecular complexity index is 2270. The molecule has 8 aromatic rings. The van der Waals surface area contributed by atoms with Crippen molar-refractivity contribution in [2.45, 2.75) is 5.11 Å². The van der Waals surface area contributed by atoms with Crippen LogP contribution in [0.2, 0.25) is 0 Å². The zero-order valence-electron chi connectivity index (χ0n) is 24.7. The Morgan fingerprint density at radius 1 is 0.488 bits per heavy atom. The van der Waals surface area contributed by atoms with Gasteiger partial charge in [-0.25, -0.2) is 4.98 Å². The first-order valence-electron chi connectivity index (χ1n) is 15.0. The second-order valence-corrected chi connectivity index (χ2v) is 12.4. The molecule has 0 atom stereocenters. The largest absolute Gasteiger partial charge is 0.298 e. The summed E-state index contributed by atoms with van der Waals surface area (Å²) in [7, 11) is 6.69. The van der Waals surface area contributed by atoms with Gasteiger partial charge in [-0.15, -0.1) is 0 Å². The minimum atomic E-state index is -0.0957. The first-order valence-corrected chi connectivity index (χ1v) is 15.0. The van der Waals surface area contributed by atoms with Gasteiger partial charge in [0.15, 0.2) is 0 Å². The third kappa shape index (κ3) is 4.11. The first-order chi connectivity index (χ1) is 21.0. The Hall–Kier alpha value is -5.02. The molecular weight excluding hydrogens is 517 g/mol. The third-order valence-corrected chi connectivity index (χ3v) is 8.64. The van der Waals surface area contributed by atoms with Gasteiger partial charge in [0, 0.05) is 5.69 Å². The summed E-state index contributed by atoms with van der Waals surface area (Å²) in [4.78, 5) is 5.05. The highest BCUT2D eigenvalue weighted by Gasteiger charge is 2.24. The van der Waals surface area contributed by atoms with Gasteiger partial charge in [-0.2, -0.15) is 0 Å². The molecule has 0 aliphatic rings. The maximum absolute atomic E-state index is 5.05. The van der Waals surface area contributed by atoms with Crippen LogP contribution in [-0.4, -0.2) is 33.1 Å². The van der Waals surface area contributed by atoms with Crippen LogP contribution in [-0.2, 0) is 5.11 Å². The van der Waals surface area contributed by atoms with Crippen molar-refractivity contribution in [2.75, 3.05) is 0 Å². The topological polar surface area (TPSA) is 17.8 Å². The zero-order chi connectivity index (χ0) is 29.1. The second-order valence-electron chi connectivity index (χ2n) is 12.4. The molecule has 8 rings (SSSR count). The number of para-hydroxylation sites is 2. The highest BCUT2D eigenvalue weighted by Crippen LogP contribution is 2.45. The van der Waals surface area contributed by atoms with E-state index in [1.54, 1.807) is 0 Å². The lowest BCUT2D eigenvalue weighted by molar-refractivity contribution is 0.929. The molecule has 5 heteroatoms. The number of aromatic nitrogens is 2. The van der Waals surface area contributed by atoms with Crippen molar-refractivity contribution in [3.8, 4) is 27.9 Å². The molecule has 7 aromatic carbocycles. The summed E-state index contributed by atoms with van der Waals surface area (Å²) >= 11 is 0. The van der Waals surface area contributed by atoms with Crippen molar-refractivity contribution in [2.24, 2.45) is 0 Å². The number of nitrogens with zero attached hydrogens (tertiary/aromatic N) is 2. The maximum Gasteiger partial charge on any atom is 0.0994 e. The van der Waals surface area contributed by atoms with Crippen molar-refractivity contribution < 1.29 is 0 Å². The van der Waals surface area contributed by atoms with Crippen LogP contribution in [0.1, 0.15) is 5.82 Å². The fraction of sp³-hybridized carbons (Fsp3) is 0.0263. The maximum atomic E-state index is 5.05. The van der Waals surface area contributed by atoms with Crippen molar-refractivity contribution in [3.63, 3.8) is 0 Å². The summed E-state index contributed by atoms with van der Waals surface area (Å²) in [5, 5.41) is 7.51. The van der Waals surface area contributed by atoms with E-state index < -0.39 is 0 Å². The van der Waals surface area contributed by atoms with Crippen LogP contribution in [0, 0.1) is 0 Å². The van der Waals surface area contributed by atoms with E-state index in [4.69, 9.17) is 4.98 Å². The van der Waals surface area contributed by atoms with Crippen LogP contribution >= 0.6 is 0 Å². The normalized spacial score (nSPS) is 12.0. The average molecular weight is 546 g/mol. The quantitative estimate of drug-likeness (QED) is 0.175. The molecule has 43 heavy (non-hydrogen) atoms. The van der Waals surface area contributed by atoms with Crippen molar-refractivity contribution in [1.82, 2.24) is 9.55 Å². The molecule has 0 amide bonds. The summed E-state index contributed by atoms with van der Waals surface area (Å²) in [6.07, 6.45) is 0. The number of hydrogen-bond acceptors (Lipinski definition) is 1. The van der Waals surface area contributed by atoms with E-state index in [-0.39, 0.29) is 5.11 Å². The van der Waals surface area contributed by atoms with Gasteiger partial charge >= 0.3 is 0 Å². The smallest absolute Gasteiger partial charge is 0.0994 e. The molecule has 0 fully saturated rings. The molecule has 1 aromatic heterocycles. The molecule has 0 saturated heterocycles. The summed E-state index contributed by atoms with van der Waals surface area (Å²) < 4.78 is 2.32. The highest BCUT2D eigenvalue weighted by molar-refractivity contribution is 6.58. The molecule has 2 nitrogen and oxygen atoms in total. The van der Waals surface area contributed by atoms with Crippen molar-refractivity contribution in [3.05, 3.63) is 145 Å². The predicted octanol–water partition coefficient (Wildman–Crippen LogP) is 6.83. The van der Waals surface area contributed by atoms with Crippen LogP contribution < -0.4 is 0 Å². The number of rotatable bonds is 4. The molecule has 0 saturated carbocycles. The monoisotopic (exact) mass is 546 g/mol. The number of benzene rings is 7. The van der Waals surface area contributed by atoms with Crippen molar-refractivity contribution >= 4 is 66.9 Å². The summed E-state index contributed by atoms with van der Waals surface area (Å²) in [5.74, 6) is 1.07. The number of fused-ring (bicyclic) bond motifs is 4. The van der Waals surface area contributed by atoms with E-state index in [1.165, 1.54) is 54.6 Å². The molecule has 0 spiro atoms. The Balaban J connectivity index is 1.38. The van der Waals surface area contributed by atoms with E-state index in [9.17, 15) is 0 Å². The van der Waals surface area contributed by atoms with Crippen LogP contribution in [0.3, 0.4) is 0 Å². The molecule has 0 radical (unpaired) electrons. The minimum absolute atomic E-state index is 0.0957. The Kier molecular flexibility index (Phi) is 5.84. The fourth-order valence-corrected chi connectivity index (χ4v) is 6.74. The van der Waals surface area contributed by atoms with Gasteiger partial charge in [0.05, 0.1) is 40.4 Å². The Labute approximate surface area is 254 Å². The van der Waals surface area contributed by atoms with Gasteiger partial charge in [-0.3, -0.25) is 4.57 Å². The van der Waals surface area contributed by atoms with Gasteiger partial charge in [-0.05, 0) is 78.8 Å². The fourth-order valence-electron chi connectivity index (χ4n) is 6.74. The predicted molar refractivity (Wildman–Crippen MR) is 192 cm³/mol. The van der Waals surface area contributed by atoms with E-state index in [2.05, 4.69) is 168 Å². The number of hydrogen-bond donors (Lipinski definition) is 0. The van der Waals surface area contributed by atoms with Gasteiger partial charge in [0.2, 0.25) is 0 Å². The average Bonchev–Trinajstić information content (AvgIpc) is 3.44. The first kappa shape index (κ1) is 25.7. The Morgan fingerprint density at radius 2 is 1.02 bits per heavy atom. The van der Waals surface area contributed by atoms with Gasteiger partial charge < -0.3 is 0 Å². The minimum Gasteiger partial charge on any atom is -0.298 e. The van der Waals surface area contributed by atoms with Gasteiger partial charge in [-0.1, -0.05) is 120 Å². The second kappa shape index (κ2) is 9.78. The molecule has 0 bridgehead atoms. The van der Waals surface area contributed by atoms with Crippen LogP contribution in [0.25, 0.3) is 71.3 Å². The molecule has 0 unspecified atom stereocenters. The zero-order valence-corrected chi connectivity index (χ0v) is 24.7. The van der Waals surface area contributed by atoms with Crippen LogP contribution in [0.4, 0.5) is 0 Å². The van der Waals surface area contributed by atoms with E-state index >= 15 is 0 Å². The van der Waals surface area contributed by atoms with Gasteiger partial charge in [0.1, 0.15) is 0 Å². The highest BCUT2D eigenvalue weighted by atomic mass is 15.1. The molecule has 1 heterocycles. The van der Waals surface area contributed by atoms with E-state index in [0.717, 1.165) is 22.5 Å². The molecule has 0 aliphatic heterocycles.